The molecular formula is C24H22BrN3O4S. The zero-order valence-corrected chi connectivity index (χ0v) is 20.7. The van der Waals surface area contributed by atoms with E-state index in [-0.39, 0.29) is 12.2 Å². The van der Waals surface area contributed by atoms with Crippen LogP contribution in [0.4, 0.5) is 5.69 Å². The van der Waals surface area contributed by atoms with Crippen LogP contribution < -0.4 is 24.9 Å². The average Bonchev–Trinajstić information content (AvgIpc) is 3.12. The minimum atomic E-state index is -0.676. The van der Waals surface area contributed by atoms with E-state index in [1.165, 1.54) is 11.3 Å². The molecule has 4 rings (SSSR count). The van der Waals surface area contributed by atoms with Gasteiger partial charge in [-0.1, -0.05) is 39.4 Å². The fourth-order valence-corrected chi connectivity index (χ4v) is 4.85. The number of anilines is 1. The molecule has 7 nitrogen and oxygen atoms in total. The van der Waals surface area contributed by atoms with Gasteiger partial charge in [-0.15, -0.1) is 0 Å². The molecule has 0 aliphatic carbocycles. The van der Waals surface area contributed by atoms with Crippen molar-refractivity contribution in [1.29, 1.82) is 0 Å². The van der Waals surface area contributed by atoms with Crippen molar-refractivity contribution in [3.05, 3.63) is 89.5 Å². The van der Waals surface area contributed by atoms with Gasteiger partial charge in [0.15, 0.2) is 4.80 Å². The zero-order chi connectivity index (χ0) is 23.5. The van der Waals surface area contributed by atoms with E-state index >= 15 is 0 Å². The van der Waals surface area contributed by atoms with Gasteiger partial charge in [-0.2, -0.15) is 0 Å². The Kier molecular flexibility index (Phi) is 6.80. The highest BCUT2D eigenvalue weighted by atomic mass is 79.9. The number of carbonyl (C=O) groups is 1. The maximum absolute atomic E-state index is 13.5. The molecule has 1 N–H and O–H groups in total. The van der Waals surface area contributed by atoms with Crippen LogP contribution in [0.2, 0.25) is 0 Å². The Bertz CT molecular complexity index is 1410. The van der Waals surface area contributed by atoms with E-state index in [2.05, 4.69) is 26.2 Å². The molecule has 0 saturated heterocycles. The monoisotopic (exact) mass is 527 g/mol. The highest BCUT2D eigenvalue weighted by molar-refractivity contribution is 9.10. The number of hydrogen-bond donors (Lipinski definition) is 1. The van der Waals surface area contributed by atoms with E-state index in [0.29, 0.717) is 26.4 Å². The van der Waals surface area contributed by atoms with E-state index in [1.54, 1.807) is 31.7 Å². The number of ether oxygens (including phenoxy) is 2. The van der Waals surface area contributed by atoms with Crippen molar-refractivity contribution in [2.45, 2.75) is 19.9 Å². The van der Waals surface area contributed by atoms with Gasteiger partial charge >= 0.3 is 5.97 Å². The fraction of sp³-hybridized carbons (Fsp3) is 0.208. The van der Waals surface area contributed by atoms with E-state index in [9.17, 15) is 9.59 Å². The molecular weight excluding hydrogens is 506 g/mol. The van der Waals surface area contributed by atoms with Crippen LogP contribution in [0.5, 0.6) is 5.75 Å². The number of thiazole rings is 1. The number of fused-ring (bicyclic) bond motifs is 1. The van der Waals surface area contributed by atoms with E-state index < -0.39 is 12.0 Å². The molecule has 0 unspecified atom stereocenters. The first-order valence-electron chi connectivity index (χ1n) is 10.3. The highest BCUT2D eigenvalue weighted by Crippen LogP contribution is 2.32. The maximum Gasteiger partial charge on any atom is 0.338 e. The Labute approximate surface area is 202 Å². The van der Waals surface area contributed by atoms with Gasteiger partial charge in [-0.05, 0) is 55.8 Å². The quantitative estimate of drug-likeness (QED) is 0.495. The molecule has 9 heteroatoms. The molecule has 3 aromatic rings. The molecule has 0 spiro atoms. The molecule has 1 atom stereocenters. The van der Waals surface area contributed by atoms with Gasteiger partial charge in [-0.25, -0.2) is 9.79 Å². The normalized spacial score (nSPS) is 15.6. The minimum Gasteiger partial charge on any atom is -0.497 e. The number of benzene rings is 2. The second-order valence-electron chi connectivity index (χ2n) is 7.23. The van der Waals surface area contributed by atoms with Gasteiger partial charge in [0.2, 0.25) is 0 Å². The van der Waals surface area contributed by atoms with Crippen molar-refractivity contribution >= 4 is 45.1 Å². The van der Waals surface area contributed by atoms with Crippen molar-refractivity contribution in [3.8, 4) is 5.75 Å². The number of carbonyl (C=O) groups excluding carboxylic acids is 1. The van der Waals surface area contributed by atoms with Crippen molar-refractivity contribution in [3.63, 3.8) is 0 Å². The van der Waals surface area contributed by atoms with Gasteiger partial charge < -0.3 is 14.8 Å². The van der Waals surface area contributed by atoms with Gasteiger partial charge in [-0.3, -0.25) is 9.36 Å². The lowest BCUT2D eigenvalue weighted by atomic mass is 9.95. The Hall–Kier alpha value is -3.17. The summed E-state index contributed by atoms with van der Waals surface area (Å²) in [7, 11) is 1.58. The Balaban J connectivity index is 1.87. The van der Waals surface area contributed by atoms with Crippen LogP contribution >= 0.6 is 27.3 Å². The van der Waals surface area contributed by atoms with Crippen LogP contribution in [0.15, 0.2) is 74.1 Å². The Morgan fingerprint density at radius 2 is 2.03 bits per heavy atom. The molecule has 1 aliphatic heterocycles. The van der Waals surface area contributed by atoms with Crippen LogP contribution in [-0.4, -0.2) is 24.3 Å². The summed E-state index contributed by atoms with van der Waals surface area (Å²) in [6.07, 6.45) is 1.67. The van der Waals surface area contributed by atoms with Crippen LogP contribution in [0.3, 0.4) is 0 Å². The molecule has 0 bridgehead atoms. The molecule has 0 fully saturated rings. The second-order valence-corrected chi connectivity index (χ2v) is 9.15. The minimum absolute atomic E-state index is 0.224. The van der Waals surface area contributed by atoms with Crippen molar-refractivity contribution in [2.24, 2.45) is 4.99 Å². The van der Waals surface area contributed by atoms with Crippen molar-refractivity contribution < 1.29 is 14.3 Å². The zero-order valence-electron chi connectivity index (χ0n) is 18.3. The van der Waals surface area contributed by atoms with Gasteiger partial charge in [0.25, 0.3) is 5.56 Å². The number of esters is 1. The van der Waals surface area contributed by atoms with Gasteiger partial charge in [0, 0.05) is 16.4 Å². The van der Waals surface area contributed by atoms with Crippen molar-refractivity contribution in [1.82, 2.24) is 4.57 Å². The molecule has 0 amide bonds. The summed E-state index contributed by atoms with van der Waals surface area (Å²) in [5.74, 6) is 0.137. The lowest BCUT2D eigenvalue weighted by Gasteiger charge is -2.24. The number of aromatic nitrogens is 1. The summed E-state index contributed by atoms with van der Waals surface area (Å²) < 4.78 is 13.7. The summed E-state index contributed by atoms with van der Waals surface area (Å²) in [5.41, 5.74) is 2.20. The Morgan fingerprint density at radius 3 is 2.73 bits per heavy atom. The SMILES string of the molecule is CCOC(=O)C1=C(C)N=c2s/c(=C\Nc3ccc(Br)cc3)c(=O)n2[C@H]1c1cccc(OC)c1. The largest absolute Gasteiger partial charge is 0.497 e. The predicted molar refractivity (Wildman–Crippen MR) is 132 cm³/mol. The number of rotatable bonds is 6. The summed E-state index contributed by atoms with van der Waals surface area (Å²) in [6, 6.07) is 14.3. The third-order valence-corrected chi connectivity index (χ3v) is 6.65. The molecule has 1 aliphatic rings. The molecule has 33 heavy (non-hydrogen) atoms. The smallest absolute Gasteiger partial charge is 0.338 e. The van der Waals surface area contributed by atoms with Gasteiger partial charge in [0.05, 0.1) is 31.0 Å². The molecule has 0 radical (unpaired) electrons. The lowest BCUT2D eigenvalue weighted by molar-refractivity contribution is -0.139. The average molecular weight is 528 g/mol. The van der Waals surface area contributed by atoms with Crippen LogP contribution in [-0.2, 0) is 9.53 Å². The number of nitrogens with one attached hydrogen (secondary N) is 1. The lowest BCUT2D eigenvalue weighted by Crippen LogP contribution is -2.40. The third kappa shape index (κ3) is 4.65. The molecule has 0 saturated carbocycles. The number of halogens is 1. The second kappa shape index (κ2) is 9.76. The fourth-order valence-electron chi connectivity index (χ4n) is 3.61. The maximum atomic E-state index is 13.5. The van der Waals surface area contributed by atoms with Gasteiger partial charge in [0.1, 0.15) is 10.3 Å². The number of methoxy groups -OCH3 is 1. The van der Waals surface area contributed by atoms with Crippen molar-refractivity contribution in [2.75, 3.05) is 19.0 Å². The summed E-state index contributed by atoms with van der Waals surface area (Å²) in [4.78, 5) is 31.5. The standard InChI is InChI=1S/C24H22BrN3O4S/c1-4-32-23(30)20-14(2)27-24-28(21(20)15-6-5-7-18(12-15)31-3)22(29)19(33-24)13-26-17-10-8-16(25)9-11-17/h5-13,21,26H,4H2,1-3H3/b19-13-/t21-/m0/s1. The number of allylic oxidation sites excluding steroid dienone is 1. The third-order valence-electron chi connectivity index (χ3n) is 5.14. The first-order chi connectivity index (χ1) is 15.9. The topological polar surface area (TPSA) is 81.9 Å². The summed E-state index contributed by atoms with van der Waals surface area (Å²) in [5, 5.41) is 3.16. The first kappa shape index (κ1) is 23.0. The summed E-state index contributed by atoms with van der Waals surface area (Å²) >= 11 is 4.67. The first-order valence-corrected chi connectivity index (χ1v) is 11.9. The van der Waals surface area contributed by atoms with E-state index in [1.807, 2.05) is 48.5 Å². The number of hydrogen-bond acceptors (Lipinski definition) is 7. The van der Waals surface area contributed by atoms with Crippen LogP contribution in [0.1, 0.15) is 25.5 Å². The van der Waals surface area contributed by atoms with E-state index in [0.717, 1.165) is 15.7 Å². The highest BCUT2D eigenvalue weighted by Gasteiger charge is 2.33. The summed E-state index contributed by atoms with van der Waals surface area (Å²) in [6.45, 7) is 3.73. The van der Waals surface area contributed by atoms with Crippen LogP contribution in [0.25, 0.3) is 6.20 Å². The number of nitrogens with zero attached hydrogens (tertiary/aromatic N) is 2. The van der Waals surface area contributed by atoms with Crippen LogP contribution in [0, 0.1) is 0 Å². The predicted octanol–water partition coefficient (Wildman–Crippen LogP) is 3.59. The van der Waals surface area contributed by atoms with E-state index in [4.69, 9.17) is 9.47 Å². The molecule has 2 aromatic carbocycles. The molecule has 1 aromatic heterocycles. The Morgan fingerprint density at radius 1 is 1.27 bits per heavy atom. The molecule has 170 valence electrons. The molecule has 2 heterocycles.